The second-order valence-corrected chi connectivity index (χ2v) is 8.92. The van der Waals surface area contributed by atoms with Gasteiger partial charge in [-0.25, -0.2) is 13.1 Å². The standard InChI is InChI=1S/C18H20BrClN2O5S/c1-12(10-26-2)22-28(24,25)15-6-4-14(5-7-15)21-18(23)11-27-17-8-3-13(20)9-16(17)19/h3-9,12,22H,10-11H2,1-2H3,(H,21,23)/t12-/m1/s1. The molecule has 152 valence electrons. The minimum absolute atomic E-state index is 0.0924. The van der Waals surface area contributed by atoms with Gasteiger partial charge in [-0.15, -0.1) is 0 Å². The van der Waals surface area contributed by atoms with Crippen LogP contribution in [0.1, 0.15) is 6.92 Å². The first kappa shape index (κ1) is 22.6. The number of sulfonamides is 1. The van der Waals surface area contributed by atoms with Crippen LogP contribution in [0.25, 0.3) is 0 Å². The third-order valence-electron chi connectivity index (χ3n) is 3.47. The highest BCUT2D eigenvalue weighted by Gasteiger charge is 2.17. The van der Waals surface area contributed by atoms with E-state index in [-0.39, 0.29) is 30.1 Å². The molecule has 0 saturated heterocycles. The minimum Gasteiger partial charge on any atom is -0.483 e. The molecule has 2 aromatic rings. The largest absolute Gasteiger partial charge is 0.483 e. The van der Waals surface area contributed by atoms with Gasteiger partial charge in [-0.1, -0.05) is 11.6 Å². The molecule has 0 bridgehead atoms. The van der Waals surface area contributed by atoms with Crippen molar-refractivity contribution in [1.29, 1.82) is 0 Å². The van der Waals surface area contributed by atoms with Gasteiger partial charge >= 0.3 is 0 Å². The Kier molecular flexibility index (Phi) is 8.26. The average Bonchev–Trinajstić information content (AvgIpc) is 2.61. The zero-order valence-corrected chi connectivity index (χ0v) is 18.4. The number of hydrogen-bond donors (Lipinski definition) is 2. The van der Waals surface area contributed by atoms with Crippen LogP contribution in [-0.2, 0) is 19.6 Å². The number of amides is 1. The Balaban J connectivity index is 1.93. The number of methoxy groups -OCH3 is 1. The maximum atomic E-state index is 12.3. The van der Waals surface area contributed by atoms with Crippen LogP contribution in [0.5, 0.6) is 5.75 Å². The first-order chi connectivity index (χ1) is 13.2. The van der Waals surface area contributed by atoms with Gasteiger partial charge in [0.2, 0.25) is 10.0 Å². The molecular weight excluding hydrogens is 472 g/mol. The molecule has 2 rings (SSSR count). The van der Waals surface area contributed by atoms with Crippen LogP contribution < -0.4 is 14.8 Å². The molecule has 7 nitrogen and oxygen atoms in total. The summed E-state index contributed by atoms with van der Waals surface area (Å²) in [7, 11) is -2.17. The Morgan fingerprint density at radius 3 is 2.50 bits per heavy atom. The van der Waals surface area contributed by atoms with Gasteiger partial charge in [0.15, 0.2) is 6.61 Å². The number of benzene rings is 2. The number of nitrogens with one attached hydrogen (secondary N) is 2. The number of halogens is 2. The predicted molar refractivity (Wildman–Crippen MR) is 111 cm³/mol. The van der Waals surface area contributed by atoms with Gasteiger partial charge in [0.1, 0.15) is 5.75 Å². The normalized spacial score (nSPS) is 12.4. The second kappa shape index (κ2) is 10.2. The Hall–Kier alpha value is -1.65. The lowest BCUT2D eigenvalue weighted by Gasteiger charge is -2.13. The number of carbonyl (C=O) groups is 1. The summed E-state index contributed by atoms with van der Waals surface area (Å²) in [6.07, 6.45) is 0. The Bertz CT molecular complexity index is 922. The van der Waals surface area contributed by atoms with Crippen LogP contribution in [-0.4, -0.2) is 40.7 Å². The first-order valence-electron chi connectivity index (χ1n) is 8.20. The maximum Gasteiger partial charge on any atom is 0.262 e. The maximum absolute atomic E-state index is 12.3. The number of ether oxygens (including phenoxy) is 2. The molecule has 0 spiro atoms. The monoisotopic (exact) mass is 490 g/mol. The van der Waals surface area contributed by atoms with E-state index >= 15 is 0 Å². The smallest absolute Gasteiger partial charge is 0.262 e. The van der Waals surface area contributed by atoms with E-state index in [0.717, 1.165) is 0 Å². The van der Waals surface area contributed by atoms with Gasteiger partial charge < -0.3 is 14.8 Å². The number of anilines is 1. The molecule has 2 aromatic carbocycles. The average molecular weight is 492 g/mol. The van der Waals surface area contributed by atoms with Crippen LogP contribution in [0.15, 0.2) is 51.8 Å². The molecule has 0 aliphatic heterocycles. The number of rotatable bonds is 9. The summed E-state index contributed by atoms with van der Waals surface area (Å²) in [5.41, 5.74) is 0.452. The molecule has 0 aliphatic rings. The topological polar surface area (TPSA) is 93.7 Å². The third kappa shape index (κ3) is 6.75. The molecule has 0 radical (unpaired) electrons. The summed E-state index contributed by atoms with van der Waals surface area (Å²) >= 11 is 9.16. The molecule has 0 aliphatic carbocycles. The van der Waals surface area contributed by atoms with Crippen LogP contribution >= 0.6 is 27.5 Å². The molecule has 1 amide bonds. The highest BCUT2D eigenvalue weighted by molar-refractivity contribution is 9.10. The molecule has 2 N–H and O–H groups in total. The van der Waals surface area contributed by atoms with E-state index in [2.05, 4.69) is 26.0 Å². The fraction of sp³-hybridized carbons (Fsp3) is 0.278. The Labute approximate surface area is 177 Å². The van der Waals surface area contributed by atoms with Crippen LogP contribution in [0.3, 0.4) is 0 Å². The van der Waals surface area contributed by atoms with E-state index in [9.17, 15) is 13.2 Å². The Morgan fingerprint density at radius 2 is 1.89 bits per heavy atom. The van der Waals surface area contributed by atoms with Crippen LogP contribution in [0.4, 0.5) is 5.69 Å². The third-order valence-corrected chi connectivity index (χ3v) is 5.93. The quantitative estimate of drug-likeness (QED) is 0.560. The van der Waals surface area contributed by atoms with Crippen molar-refractivity contribution in [2.75, 3.05) is 25.6 Å². The first-order valence-corrected chi connectivity index (χ1v) is 10.9. The lowest BCUT2D eigenvalue weighted by atomic mass is 10.3. The van der Waals surface area contributed by atoms with E-state index in [4.69, 9.17) is 21.1 Å². The lowest BCUT2D eigenvalue weighted by molar-refractivity contribution is -0.118. The van der Waals surface area contributed by atoms with Gasteiger partial charge in [0.05, 0.1) is 16.0 Å². The summed E-state index contributed by atoms with van der Waals surface area (Å²) in [6.45, 7) is 1.75. The van der Waals surface area contributed by atoms with E-state index < -0.39 is 10.0 Å². The zero-order valence-electron chi connectivity index (χ0n) is 15.2. The fourth-order valence-corrected chi connectivity index (χ4v) is 4.29. The zero-order chi connectivity index (χ0) is 20.7. The van der Waals surface area contributed by atoms with Gasteiger partial charge in [0, 0.05) is 23.9 Å². The van der Waals surface area contributed by atoms with E-state index in [1.807, 2.05) is 0 Å². The summed E-state index contributed by atoms with van der Waals surface area (Å²) in [5, 5.41) is 3.19. The van der Waals surface area contributed by atoms with E-state index in [1.165, 1.54) is 31.4 Å². The minimum atomic E-state index is -3.66. The number of carbonyl (C=O) groups excluding carboxylic acids is 1. The molecule has 10 heteroatoms. The summed E-state index contributed by atoms with van der Waals surface area (Å²) in [5.74, 6) is 0.0987. The molecule has 0 fully saturated rings. The van der Waals surface area contributed by atoms with Gasteiger partial charge in [-0.3, -0.25) is 4.79 Å². The second-order valence-electron chi connectivity index (χ2n) is 5.91. The lowest BCUT2D eigenvalue weighted by Crippen LogP contribution is -2.35. The van der Waals surface area contributed by atoms with Crippen molar-refractivity contribution in [1.82, 2.24) is 4.72 Å². The molecule has 0 saturated carbocycles. The van der Waals surface area contributed by atoms with Crippen LogP contribution in [0, 0.1) is 0 Å². The highest BCUT2D eigenvalue weighted by Crippen LogP contribution is 2.27. The van der Waals surface area contributed by atoms with Gasteiger partial charge in [-0.2, -0.15) is 0 Å². The molecule has 0 unspecified atom stereocenters. The van der Waals surface area contributed by atoms with E-state index in [1.54, 1.807) is 25.1 Å². The Morgan fingerprint density at radius 1 is 1.21 bits per heavy atom. The molecule has 1 atom stereocenters. The number of hydrogen-bond acceptors (Lipinski definition) is 5. The predicted octanol–water partition coefficient (Wildman–Crippen LogP) is 3.43. The van der Waals surface area contributed by atoms with Crippen LogP contribution in [0.2, 0.25) is 5.02 Å². The van der Waals surface area contributed by atoms with Crippen molar-refractivity contribution in [3.8, 4) is 5.75 Å². The molecular formula is C18H20BrClN2O5S. The molecule has 0 aromatic heterocycles. The molecule has 28 heavy (non-hydrogen) atoms. The summed E-state index contributed by atoms with van der Waals surface area (Å²) in [6, 6.07) is 10.4. The van der Waals surface area contributed by atoms with Crippen molar-refractivity contribution in [3.63, 3.8) is 0 Å². The highest BCUT2D eigenvalue weighted by atomic mass is 79.9. The summed E-state index contributed by atoms with van der Waals surface area (Å²) < 4.78 is 38.1. The SMILES string of the molecule is COC[C@@H](C)NS(=O)(=O)c1ccc(NC(=O)COc2ccc(Cl)cc2Br)cc1. The summed E-state index contributed by atoms with van der Waals surface area (Å²) in [4.78, 5) is 12.1. The molecule has 0 heterocycles. The van der Waals surface area contributed by atoms with E-state index in [0.29, 0.717) is 20.9 Å². The van der Waals surface area contributed by atoms with Crippen molar-refractivity contribution in [2.45, 2.75) is 17.9 Å². The van der Waals surface area contributed by atoms with Crippen molar-refractivity contribution in [2.24, 2.45) is 0 Å². The van der Waals surface area contributed by atoms with Crippen molar-refractivity contribution in [3.05, 3.63) is 52.0 Å². The van der Waals surface area contributed by atoms with Crippen molar-refractivity contribution < 1.29 is 22.7 Å². The van der Waals surface area contributed by atoms with Gasteiger partial charge in [0.25, 0.3) is 5.91 Å². The van der Waals surface area contributed by atoms with Crippen molar-refractivity contribution >= 4 is 49.1 Å². The van der Waals surface area contributed by atoms with Gasteiger partial charge in [-0.05, 0) is 65.3 Å². The fourth-order valence-electron chi connectivity index (χ4n) is 2.27.